The van der Waals surface area contributed by atoms with Gasteiger partial charge in [0.25, 0.3) is 0 Å². The van der Waals surface area contributed by atoms with Crippen molar-refractivity contribution in [2.75, 3.05) is 6.61 Å². The highest BCUT2D eigenvalue weighted by Gasteiger charge is 2.21. The molecule has 0 aliphatic carbocycles. The summed E-state index contributed by atoms with van der Waals surface area (Å²) >= 11 is 11.4. The van der Waals surface area contributed by atoms with Crippen molar-refractivity contribution in [3.63, 3.8) is 0 Å². The normalized spacial score (nSPS) is 14.9. The third kappa shape index (κ3) is 2.87. The van der Waals surface area contributed by atoms with Gasteiger partial charge in [0, 0.05) is 16.3 Å². The third-order valence-electron chi connectivity index (χ3n) is 3.39. The van der Waals surface area contributed by atoms with Crippen molar-refractivity contribution in [3.8, 4) is 5.75 Å². The van der Waals surface area contributed by atoms with Gasteiger partial charge >= 0.3 is 0 Å². The zero-order chi connectivity index (χ0) is 14.1. The second-order valence-electron chi connectivity index (χ2n) is 4.72. The monoisotopic (exact) mass is 372 g/mol. The summed E-state index contributed by atoms with van der Waals surface area (Å²) in [4.78, 5) is 1.19. The molecule has 6 heteroatoms. The molecule has 0 radical (unpaired) electrons. The molecular formula is C14H14BrClN2OS. The number of benzene rings is 1. The van der Waals surface area contributed by atoms with Crippen LogP contribution in [-0.4, -0.2) is 6.61 Å². The van der Waals surface area contributed by atoms with Crippen LogP contribution in [0.4, 0.5) is 0 Å². The summed E-state index contributed by atoms with van der Waals surface area (Å²) in [5, 5.41) is 0.757. The first-order valence-corrected chi connectivity index (χ1v) is 8.31. The van der Waals surface area contributed by atoms with E-state index in [2.05, 4.69) is 27.4 Å². The molecule has 0 saturated heterocycles. The topological polar surface area (TPSA) is 47.3 Å². The van der Waals surface area contributed by atoms with E-state index in [1.807, 2.05) is 18.2 Å². The summed E-state index contributed by atoms with van der Waals surface area (Å²) in [6.07, 6.45) is 1.68. The van der Waals surface area contributed by atoms with Crippen LogP contribution >= 0.6 is 38.9 Å². The molecule has 1 aromatic heterocycles. The van der Waals surface area contributed by atoms with Gasteiger partial charge in [-0.3, -0.25) is 11.3 Å². The molecule has 106 valence electrons. The molecule has 0 fully saturated rings. The quantitative estimate of drug-likeness (QED) is 0.632. The van der Waals surface area contributed by atoms with Crippen molar-refractivity contribution >= 4 is 38.9 Å². The Balaban J connectivity index is 1.90. The minimum atomic E-state index is 0.0538. The summed E-state index contributed by atoms with van der Waals surface area (Å²) in [7, 11) is 0. The van der Waals surface area contributed by atoms with Crippen LogP contribution in [0.3, 0.4) is 0 Å². The van der Waals surface area contributed by atoms with Gasteiger partial charge in [0.1, 0.15) is 5.75 Å². The number of hydrogen-bond donors (Lipinski definition) is 2. The summed E-state index contributed by atoms with van der Waals surface area (Å²) < 4.78 is 6.84. The fraction of sp³-hybridized carbons (Fsp3) is 0.286. The molecule has 3 nitrogen and oxygen atoms in total. The van der Waals surface area contributed by atoms with Crippen LogP contribution in [0.15, 0.2) is 28.1 Å². The summed E-state index contributed by atoms with van der Waals surface area (Å²) in [5.41, 5.74) is 5.18. The summed E-state index contributed by atoms with van der Waals surface area (Å²) in [5.74, 6) is 6.69. The fourth-order valence-electron chi connectivity index (χ4n) is 2.47. The first-order chi connectivity index (χ1) is 9.67. The van der Waals surface area contributed by atoms with Crippen LogP contribution in [0.25, 0.3) is 0 Å². The van der Waals surface area contributed by atoms with Crippen LogP contribution in [-0.2, 0) is 12.8 Å². The van der Waals surface area contributed by atoms with Crippen LogP contribution in [0.1, 0.15) is 22.0 Å². The van der Waals surface area contributed by atoms with Gasteiger partial charge in [0.15, 0.2) is 0 Å². The number of rotatable bonds is 4. The van der Waals surface area contributed by atoms with Gasteiger partial charge < -0.3 is 4.74 Å². The van der Waals surface area contributed by atoms with E-state index in [-0.39, 0.29) is 6.04 Å². The van der Waals surface area contributed by atoms with Crippen molar-refractivity contribution in [3.05, 3.63) is 49.1 Å². The zero-order valence-corrected chi connectivity index (χ0v) is 13.8. The standard InChI is InChI=1S/C14H14BrClN2OS/c15-13-2-1-12(20-13)11(18-17)7-9-6-10(16)5-8-3-4-19-14(8)9/h1-2,5-6,11,18H,3-4,7,17H2. The van der Waals surface area contributed by atoms with E-state index in [0.29, 0.717) is 0 Å². The number of thiophene rings is 1. The smallest absolute Gasteiger partial charge is 0.125 e. The fourth-order valence-corrected chi connectivity index (χ4v) is 4.22. The van der Waals surface area contributed by atoms with Gasteiger partial charge in [0.2, 0.25) is 0 Å². The minimum Gasteiger partial charge on any atom is -0.493 e. The maximum atomic E-state index is 6.19. The Bertz CT molecular complexity index is 632. The molecule has 0 saturated carbocycles. The van der Waals surface area contributed by atoms with Gasteiger partial charge in [-0.25, -0.2) is 0 Å². The van der Waals surface area contributed by atoms with Gasteiger partial charge in [-0.05, 0) is 57.7 Å². The largest absolute Gasteiger partial charge is 0.493 e. The number of halogens is 2. The molecule has 3 N–H and O–H groups in total. The summed E-state index contributed by atoms with van der Waals surface area (Å²) in [6.45, 7) is 0.730. The molecule has 1 aliphatic rings. The van der Waals surface area contributed by atoms with Crippen molar-refractivity contribution in [2.45, 2.75) is 18.9 Å². The Hall–Kier alpha value is -0.590. The average molecular weight is 374 g/mol. The molecule has 0 bridgehead atoms. The highest BCUT2D eigenvalue weighted by Crippen LogP contribution is 2.36. The third-order valence-corrected chi connectivity index (χ3v) is 5.34. The van der Waals surface area contributed by atoms with Crippen LogP contribution in [0, 0.1) is 0 Å². The SMILES string of the molecule is NNC(Cc1cc(Cl)cc2c1OCC2)c1ccc(Br)s1. The lowest BCUT2D eigenvalue weighted by molar-refractivity contribution is 0.351. The van der Waals surface area contributed by atoms with Crippen molar-refractivity contribution in [1.29, 1.82) is 0 Å². The predicted molar refractivity (Wildman–Crippen MR) is 86.4 cm³/mol. The number of ether oxygens (including phenoxy) is 1. The second-order valence-corrected chi connectivity index (χ2v) is 7.65. The lowest BCUT2D eigenvalue weighted by Crippen LogP contribution is -2.29. The first kappa shape index (κ1) is 14.4. The minimum absolute atomic E-state index is 0.0538. The number of nitrogens with two attached hydrogens (primary N) is 1. The highest BCUT2D eigenvalue weighted by atomic mass is 79.9. The number of nitrogens with one attached hydrogen (secondary N) is 1. The van der Waals surface area contributed by atoms with Crippen molar-refractivity contribution in [2.24, 2.45) is 5.84 Å². The molecule has 0 amide bonds. The molecule has 1 aromatic carbocycles. The van der Waals surface area contributed by atoms with Gasteiger partial charge in [-0.1, -0.05) is 11.6 Å². The Labute approximate surface area is 135 Å². The van der Waals surface area contributed by atoms with E-state index in [0.717, 1.165) is 39.6 Å². The highest BCUT2D eigenvalue weighted by molar-refractivity contribution is 9.11. The van der Waals surface area contributed by atoms with E-state index in [1.165, 1.54) is 10.4 Å². The van der Waals surface area contributed by atoms with E-state index < -0.39 is 0 Å². The lowest BCUT2D eigenvalue weighted by Gasteiger charge is -2.16. The number of hydrazine groups is 1. The van der Waals surface area contributed by atoms with Crippen LogP contribution in [0.5, 0.6) is 5.75 Å². The first-order valence-electron chi connectivity index (χ1n) is 6.33. The maximum absolute atomic E-state index is 6.19. The molecule has 0 spiro atoms. The average Bonchev–Trinajstić information content (AvgIpc) is 3.04. The Morgan fingerprint density at radius 2 is 2.30 bits per heavy atom. The summed E-state index contributed by atoms with van der Waals surface area (Å²) in [6, 6.07) is 8.12. The lowest BCUT2D eigenvalue weighted by atomic mass is 10.0. The molecule has 20 heavy (non-hydrogen) atoms. The van der Waals surface area contributed by atoms with Crippen molar-refractivity contribution in [1.82, 2.24) is 5.43 Å². The van der Waals surface area contributed by atoms with Gasteiger partial charge in [-0.15, -0.1) is 11.3 Å². The van der Waals surface area contributed by atoms with E-state index in [9.17, 15) is 0 Å². The van der Waals surface area contributed by atoms with Gasteiger partial charge in [-0.2, -0.15) is 0 Å². The number of hydrogen-bond acceptors (Lipinski definition) is 4. The molecule has 2 heterocycles. The van der Waals surface area contributed by atoms with E-state index in [4.69, 9.17) is 22.2 Å². The van der Waals surface area contributed by atoms with Crippen LogP contribution < -0.4 is 16.0 Å². The Morgan fingerprint density at radius 1 is 1.45 bits per heavy atom. The molecule has 3 rings (SSSR count). The van der Waals surface area contributed by atoms with Gasteiger partial charge in [0.05, 0.1) is 16.4 Å². The second kappa shape index (κ2) is 6.03. The molecule has 1 aliphatic heterocycles. The van der Waals surface area contributed by atoms with E-state index in [1.54, 1.807) is 11.3 Å². The predicted octanol–water partition coefficient (Wildman–Crippen LogP) is 3.85. The number of fused-ring (bicyclic) bond motifs is 1. The Morgan fingerprint density at radius 3 is 3.00 bits per heavy atom. The van der Waals surface area contributed by atoms with Crippen LogP contribution in [0.2, 0.25) is 5.02 Å². The van der Waals surface area contributed by atoms with E-state index >= 15 is 0 Å². The van der Waals surface area contributed by atoms with Crippen molar-refractivity contribution < 1.29 is 4.74 Å². The molecule has 2 aromatic rings. The zero-order valence-electron chi connectivity index (χ0n) is 10.7. The molecular weight excluding hydrogens is 360 g/mol. The maximum Gasteiger partial charge on any atom is 0.125 e. The Kier molecular flexibility index (Phi) is 4.33. The molecule has 1 unspecified atom stereocenters. The molecule has 1 atom stereocenters.